The summed E-state index contributed by atoms with van der Waals surface area (Å²) in [5.41, 5.74) is 0.810. The largest absolute Gasteiger partial charge is 0.497 e. The summed E-state index contributed by atoms with van der Waals surface area (Å²) in [7, 11) is 1.60. The van der Waals surface area contributed by atoms with Crippen molar-refractivity contribution in [3.8, 4) is 5.75 Å². The Hall–Kier alpha value is -1.55. The maximum absolute atomic E-state index is 11.7. The van der Waals surface area contributed by atoms with Gasteiger partial charge in [-0.1, -0.05) is 0 Å². The smallest absolute Gasteiger partial charge is 0.227 e. The average molecular weight is 221 g/mol. The highest BCUT2D eigenvalue weighted by Gasteiger charge is 2.25. The second kappa shape index (κ2) is 4.53. The molecule has 1 amide bonds. The number of methoxy groups -OCH3 is 1. The molecule has 1 unspecified atom stereocenters. The number of amides is 1. The molecule has 1 heterocycles. The molecule has 1 saturated heterocycles. The summed E-state index contributed by atoms with van der Waals surface area (Å²) in [6.45, 7) is 0.380. The molecule has 4 heteroatoms. The van der Waals surface area contributed by atoms with Gasteiger partial charge in [0.15, 0.2) is 0 Å². The highest BCUT2D eigenvalue weighted by molar-refractivity contribution is 5.94. The van der Waals surface area contributed by atoms with Crippen molar-refractivity contribution in [2.24, 2.45) is 0 Å². The van der Waals surface area contributed by atoms with Crippen LogP contribution in [0.25, 0.3) is 0 Å². The van der Waals surface area contributed by atoms with Crippen molar-refractivity contribution in [1.82, 2.24) is 0 Å². The molecular formula is C12H15NO3. The first kappa shape index (κ1) is 11.0. The Balaban J connectivity index is 2.18. The van der Waals surface area contributed by atoms with Crippen molar-refractivity contribution in [3.63, 3.8) is 0 Å². The number of β-amino-alcohol motifs (C(OH)–C–C–N with tert-alkyl or cyclic N) is 1. The molecule has 0 radical (unpaired) electrons. The van der Waals surface area contributed by atoms with Crippen LogP contribution in [0, 0.1) is 0 Å². The fourth-order valence-corrected chi connectivity index (χ4v) is 1.84. The van der Waals surface area contributed by atoms with E-state index >= 15 is 0 Å². The van der Waals surface area contributed by atoms with Gasteiger partial charge in [0.05, 0.1) is 19.8 Å². The number of carbonyl (C=O) groups excluding carboxylic acids is 1. The van der Waals surface area contributed by atoms with E-state index in [9.17, 15) is 9.90 Å². The Morgan fingerprint density at radius 3 is 2.69 bits per heavy atom. The maximum atomic E-state index is 11.7. The predicted octanol–water partition coefficient (Wildman–Crippen LogP) is 1.18. The summed E-state index contributed by atoms with van der Waals surface area (Å²) >= 11 is 0. The van der Waals surface area contributed by atoms with Crippen LogP contribution in [0.3, 0.4) is 0 Å². The van der Waals surface area contributed by atoms with Gasteiger partial charge in [0.1, 0.15) is 5.75 Å². The van der Waals surface area contributed by atoms with E-state index in [1.807, 2.05) is 24.3 Å². The van der Waals surface area contributed by atoms with Crippen molar-refractivity contribution >= 4 is 11.6 Å². The number of rotatable bonds is 2. The van der Waals surface area contributed by atoms with Crippen LogP contribution in [0.5, 0.6) is 5.75 Å². The van der Waals surface area contributed by atoms with E-state index in [0.29, 0.717) is 19.4 Å². The summed E-state index contributed by atoms with van der Waals surface area (Å²) in [6, 6.07) is 7.27. The van der Waals surface area contributed by atoms with Crippen LogP contribution in [0.2, 0.25) is 0 Å². The Bertz CT molecular complexity index is 374. The van der Waals surface area contributed by atoms with Crippen LogP contribution in [-0.4, -0.2) is 30.8 Å². The molecule has 0 saturated carbocycles. The molecule has 1 aliphatic heterocycles. The SMILES string of the molecule is COc1ccc(N2CC(O)CCC2=O)cc1. The van der Waals surface area contributed by atoms with E-state index in [2.05, 4.69) is 0 Å². The molecular weight excluding hydrogens is 206 g/mol. The van der Waals surface area contributed by atoms with Gasteiger partial charge in [0.25, 0.3) is 0 Å². The molecule has 2 rings (SSSR count). The lowest BCUT2D eigenvalue weighted by molar-refractivity contribution is -0.121. The number of ether oxygens (including phenoxy) is 1. The van der Waals surface area contributed by atoms with E-state index in [1.165, 1.54) is 0 Å². The normalized spacial score (nSPS) is 21.0. The molecule has 1 N–H and O–H groups in total. The third-order valence-corrected chi connectivity index (χ3v) is 2.77. The molecule has 0 aromatic heterocycles. The highest BCUT2D eigenvalue weighted by Crippen LogP contribution is 2.23. The van der Waals surface area contributed by atoms with Gasteiger partial charge in [-0.25, -0.2) is 0 Å². The van der Waals surface area contributed by atoms with Gasteiger partial charge in [-0.3, -0.25) is 4.79 Å². The summed E-state index contributed by atoms with van der Waals surface area (Å²) in [4.78, 5) is 13.3. The molecule has 86 valence electrons. The van der Waals surface area contributed by atoms with E-state index in [4.69, 9.17) is 4.74 Å². The Kier molecular flexibility index (Phi) is 3.10. The second-order valence-electron chi connectivity index (χ2n) is 3.89. The van der Waals surface area contributed by atoms with Crippen LogP contribution in [-0.2, 0) is 4.79 Å². The number of aliphatic hydroxyl groups is 1. The van der Waals surface area contributed by atoms with E-state index in [1.54, 1.807) is 12.0 Å². The van der Waals surface area contributed by atoms with Crippen LogP contribution < -0.4 is 9.64 Å². The van der Waals surface area contributed by atoms with Gasteiger partial charge in [0.2, 0.25) is 5.91 Å². The summed E-state index contributed by atoms with van der Waals surface area (Å²) < 4.78 is 5.05. The third-order valence-electron chi connectivity index (χ3n) is 2.77. The first-order valence-electron chi connectivity index (χ1n) is 5.33. The Morgan fingerprint density at radius 2 is 2.06 bits per heavy atom. The number of nitrogens with zero attached hydrogens (tertiary/aromatic N) is 1. The summed E-state index contributed by atoms with van der Waals surface area (Å²) in [5, 5.41) is 9.54. The monoisotopic (exact) mass is 221 g/mol. The molecule has 0 bridgehead atoms. The van der Waals surface area contributed by atoms with Crippen molar-refractivity contribution in [3.05, 3.63) is 24.3 Å². The van der Waals surface area contributed by atoms with Crippen LogP contribution in [0.15, 0.2) is 24.3 Å². The van der Waals surface area contributed by atoms with Gasteiger partial charge in [-0.15, -0.1) is 0 Å². The number of hydrogen-bond acceptors (Lipinski definition) is 3. The lowest BCUT2D eigenvalue weighted by atomic mass is 10.1. The molecule has 16 heavy (non-hydrogen) atoms. The molecule has 4 nitrogen and oxygen atoms in total. The standard InChI is InChI=1S/C12H15NO3/c1-16-11-5-2-9(3-6-11)13-8-10(14)4-7-12(13)15/h2-3,5-6,10,14H,4,7-8H2,1H3. The van der Waals surface area contributed by atoms with Crippen molar-refractivity contribution in [2.75, 3.05) is 18.6 Å². The van der Waals surface area contributed by atoms with E-state index < -0.39 is 6.10 Å². The van der Waals surface area contributed by atoms with Crippen LogP contribution >= 0.6 is 0 Å². The Labute approximate surface area is 94.4 Å². The van der Waals surface area contributed by atoms with Gasteiger partial charge in [0, 0.05) is 12.1 Å². The van der Waals surface area contributed by atoms with E-state index in [0.717, 1.165) is 11.4 Å². The lowest BCUT2D eigenvalue weighted by Crippen LogP contribution is -2.42. The second-order valence-corrected chi connectivity index (χ2v) is 3.89. The minimum Gasteiger partial charge on any atom is -0.497 e. The fourth-order valence-electron chi connectivity index (χ4n) is 1.84. The topological polar surface area (TPSA) is 49.8 Å². The van der Waals surface area contributed by atoms with Crippen molar-refractivity contribution < 1.29 is 14.6 Å². The molecule has 1 atom stereocenters. The Morgan fingerprint density at radius 1 is 1.38 bits per heavy atom. The van der Waals surface area contributed by atoms with Crippen LogP contribution in [0.1, 0.15) is 12.8 Å². The van der Waals surface area contributed by atoms with Gasteiger partial charge in [-0.2, -0.15) is 0 Å². The summed E-state index contributed by atoms with van der Waals surface area (Å²) in [6.07, 6.45) is 0.554. The molecule has 1 aromatic carbocycles. The zero-order valence-electron chi connectivity index (χ0n) is 9.22. The predicted molar refractivity (Wildman–Crippen MR) is 60.6 cm³/mol. The minimum absolute atomic E-state index is 0.0652. The zero-order chi connectivity index (χ0) is 11.5. The molecule has 1 aromatic rings. The van der Waals surface area contributed by atoms with Gasteiger partial charge < -0.3 is 14.7 Å². The highest BCUT2D eigenvalue weighted by atomic mass is 16.5. The number of carbonyl (C=O) groups is 1. The number of benzene rings is 1. The molecule has 1 aliphatic rings. The van der Waals surface area contributed by atoms with Crippen LogP contribution in [0.4, 0.5) is 5.69 Å². The average Bonchev–Trinajstić information content (AvgIpc) is 2.32. The number of aliphatic hydroxyl groups excluding tert-OH is 1. The maximum Gasteiger partial charge on any atom is 0.227 e. The molecule has 0 aliphatic carbocycles. The van der Waals surface area contributed by atoms with Gasteiger partial charge >= 0.3 is 0 Å². The number of anilines is 1. The number of piperidine rings is 1. The molecule has 0 spiro atoms. The summed E-state index contributed by atoms with van der Waals surface area (Å²) in [5.74, 6) is 0.823. The zero-order valence-corrected chi connectivity index (χ0v) is 9.22. The first-order valence-corrected chi connectivity index (χ1v) is 5.33. The van der Waals surface area contributed by atoms with Crippen molar-refractivity contribution in [1.29, 1.82) is 0 Å². The third kappa shape index (κ3) is 2.17. The number of hydrogen-bond donors (Lipinski definition) is 1. The molecule has 1 fully saturated rings. The first-order chi connectivity index (χ1) is 7.70. The lowest BCUT2D eigenvalue weighted by Gasteiger charge is -2.30. The fraction of sp³-hybridized carbons (Fsp3) is 0.417. The van der Waals surface area contributed by atoms with E-state index in [-0.39, 0.29) is 5.91 Å². The quantitative estimate of drug-likeness (QED) is 0.816. The van der Waals surface area contributed by atoms with Gasteiger partial charge in [-0.05, 0) is 30.7 Å². The minimum atomic E-state index is -0.417. The van der Waals surface area contributed by atoms with Crippen molar-refractivity contribution in [2.45, 2.75) is 18.9 Å².